The molecule has 0 atom stereocenters. The van der Waals surface area contributed by atoms with E-state index in [2.05, 4.69) is 34.5 Å². The molecule has 0 aliphatic heterocycles. The minimum atomic E-state index is -0.227. The van der Waals surface area contributed by atoms with Crippen LogP contribution in [0, 0.1) is 0 Å². The Balaban J connectivity index is 1.27. The summed E-state index contributed by atoms with van der Waals surface area (Å²) in [4.78, 5) is 12.0. The Bertz CT molecular complexity index is 1240. The third kappa shape index (κ3) is 5.59. The number of rotatable bonds is 9. The lowest BCUT2D eigenvalue weighted by atomic mass is 10.0. The van der Waals surface area contributed by atoms with Gasteiger partial charge in [-0.25, -0.2) is 0 Å². The molecule has 4 aromatic rings. The summed E-state index contributed by atoms with van der Waals surface area (Å²) in [5, 5.41) is 16.1. The Morgan fingerprint density at radius 3 is 2.58 bits per heavy atom. The average Bonchev–Trinajstić information content (AvgIpc) is 3.24. The topological polar surface area (TPSA) is 90.6 Å². The van der Waals surface area contributed by atoms with Crippen LogP contribution in [-0.2, 0) is 4.79 Å². The van der Waals surface area contributed by atoms with E-state index in [0.29, 0.717) is 40.6 Å². The lowest BCUT2D eigenvalue weighted by molar-refractivity contribution is -0.123. The van der Waals surface area contributed by atoms with Gasteiger partial charge in [-0.3, -0.25) is 4.79 Å². The van der Waals surface area contributed by atoms with Crippen molar-refractivity contribution in [2.24, 2.45) is 0 Å². The normalized spacial score (nSPS) is 11.0. The van der Waals surface area contributed by atoms with E-state index in [1.807, 2.05) is 42.5 Å². The molecule has 0 radical (unpaired) electrons. The molecule has 0 aliphatic rings. The first-order chi connectivity index (χ1) is 16.0. The van der Waals surface area contributed by atoms with E-state index in [1.54, 1.807) is 22.7 Å². The number of aromatic nitrogens is 4. The van der Waals surface area contributed by atoms with E-state index in [9.17, 15) is 4.79 Å². The fourth-order valence-corrected chi connectivity index (χ4v) is 3.37. The molecule has 33 heavy (non-hydrogen) atoms. The monoisotopic (exact) mass is 465 g/mol. The molecule has 2 aromatic heterocycles. The van der Waals surface area contributed by atoms with E-state index < -0.39 is 0 Å². The fraction of sp³-hybridized carbons (Fsp3) is 0.250. The molecule has 0 bridgehead atoms. The van der Waals surface area contributed by atoms with Crippen molar-refractivity contribution in [1.29, 1.82) is 0 Å². The smallest absolute Gasteiger partial charge is 0.258 e. The van der Waals surface area contributed by atoms with Gasteiger partial charge in [0.05, 0.1) is 11.6 Å². The molecule has 0 saturated carbocycles. The Kier molecular flexibility index (Phi) is 7.04. The molecule has 8 nitrogen and oxygen atoms in total. The van der Waals surface area contributed by atoms with Crippen molar-refractivity contribution in [3.05, 3.63) is 71.2 Å². The molecule has 1 N–H and O–H groups in total. The first-order valence-corrected chi connectivity index (χ1v) is 11.0. The molecule has 1 amide bonds. The van der Waals surface area contributed by atoms with Crippen molar-refractivity contribution in [1.82, 2.24) is 25.1 Å². The summed E-state index contributed by atoms with van der Waals surface area (Å²) in [5.74, 6) is 1.78. The molecular weight excluding hydrogens is 442 g/mol. The first kappa shape index (κ1) is 22.5. The van der Waals surface area contributed by atoms with Crippen LogP contribution in [0.4, 0.5) is 0 Å². The molecule has 170 valence electrons. The SMILES string of the molecule is CC(C)c1ccc(OCC(=O)NCCOc2ccc3nnc(-c4ccccc4Cl)n3n2)cc1. The maximum Gasteiger partial charge on any atom is 0.258 e. The van der Waals surface area contributed by atoms with Gasteiger partial charge in [-0.2, -0.15) is 4.52 Å². The number of benzene rings is 2. The molecule has 0 fully saturated rings. The minimum absolute atomic E-state index is 0.0624. The van der Waals surface area contributed by atoms with Crippen molar-refractivity contribution in [2.45, 2.75) is 19.8 Å². The number of fused-ring (bicyclic) bond motifs is 1. The predicted molar refractivity (Wildman–Crippen MR) is 126 cm³/mol. The summed E-state index contributed by atoms with van der Waals surface area (Å²) < 4.78 is 12.8. The third-order valence-electron chi connectivity index (χ3n) is 4.94. The number of nitrogens with zero attached hydrogens (tertiary/aromatic N) is 4. The van der Waals surface area contributed by atoms with Crippen molar-refractivity contribution >= 4 is 23.2 Å². The van der Waals surface area contributed by atoms with E-state index in [1.165, 1.54) is 5.56 Å². The second-order valence-electron chi connectivity index (χ2n) is 7.66. The number of amides is 1. The van der Waals surface area contributed by atoms with Gasteiger partial charge in [-0.15, -0.1) is 15.3 Å². The average molecular weight is 466 g/mol. The van der Waals surface area contributed by atoms with Crippen molar-refractivity contribution < 1.29 is 14.3 Å². The van der Waals surface area contributed by atoms with Crippen LogP contribution in [0.15, 0.2) is 60.7 Å². The Morgan fingerprint density at radius 1 is 1.03 bits per heavy atom. The Labute approximate surface area is 196 Å². The van der Waals surface area contributed by atoms with Gasteiger partial charge < -0.3 is 14.8 Å². The number of carbonyl (C=O) groups is 1. The zero-order valence-electron chi connectivity index (χ0n) is 18.4. The van der Waals surface area contributed by atoms with Gasteiger partial charge in [0, 0.05) is 11.6 Å². The highest BCUT2D eigenvalue weighted by Gasteiger charge is 2.13. The zero-order valence-corrected chi connectivity index (χ0v) is 19.1. The van der Waals surface area contributed by atoms with Gasteiger partial charge >= 0.3 is 0 Å². The Hall–Kier alpha value is -3.65. The second kappa shape index (κ2) is 10.3. The standard InChI is InChI=1S/C24H24ClN5O3/c1-16(2)17-7-9-18(10-8-17)33-15-22(31)26-13-14-32-23-12-11-21-27-28-24(30(21)29-23)19-5-3-4-6-20(19)25/h3-12,16H,13-15H2,1-2H3,(H,26,31). The molecule has 2 aromatic carbocycles. The molecule has 2 heterocycles. The van der Waals surface area contributed by atoms with Crippen LogP contribution in [0.3, 0.4) is 0 Å². The number of halogens is 1. The lowest BCUT2D eigenvalue weighted by Crippen LogP contribution is -2.32. The second-order valence-corrected chi connectivity index (χ2v) is 8.06. The van der Waals surface area contributed by atoms with Crippen LogP contribution < -0.4 is 14.8 Å². The van der Waals surface area contributed by atoms with Gasteiger partial charge in [-0.05, 0) is 41.8 Å². The van der Waals surface area contributed by atoms with Gasteiger partial charge in [0.25, 0.3) is 5.91 Å². The van der Waals surface area contributed by atoms with Crippen LogP contribution in [0.25, 0.3) is 17.0 Å². The number of hydrogen-bond acceptors (Lipinski definition) is 6. The summed E-state index contributed by atoms with van der Waals surface area (Å²) >= 11 is 6.28. The van der Waals surface area contributed by atoms with Gasteiger partial charge in [-0.1, -0.05) is 49.7 Å². The Morgan fingerprint density at radius 2 is 1.82 bits per heavy atom. The van der Waals surface area contributed by atoms with Crippen LogP contribution in [-0.4, -0.2) is 45.5 Å². The first-order valence-electron chi connectivity index (χ1n) is 10.6. The van der Waals surface area contributed by atoms with Crippen molar-refractivity contribution in [3.63, 3.8) is 0 Å². The van der Waals surface area contributed by atoms with Gasteiger partial charge in [0.2, 0.25) is 5.88 Å². The maximum atomic E-state index is 12.0. The molecule has 0 saturated heterocycles. The molecule has 0 aliphatic carbocycles. The molecular formula is C24H24ClN5O3. The third-order valence-corrected chi connectivity index (χ3v) is 5.27. The number of carbonyl (C=O) groups excluding carboxylic acids is 1. The summed E-state index contributed by atoms with van der Waals surface area (Å²) in [7, 11) is 0. The van der Waals surface area contributed by atoms with Crippen LogP contribution >= 0.6 is 11.6 Å². The van der Waals surface area contributed by atoms with Crippen molar-refractivity contribution in [3.8, 4) is 23.0 Å². The van der Waals surface area contributed by atoms with Crippen LogP contribution in [0.1, 0.15) is 25.3 Å². The largest absolute Gasteiger partial charge is 0.484 e. The summed E-state index contributed by atoms with van der Waals surface area (Å²) in [6.45, 7) is 4.75. The highest BCUT2D eigenvalue weighted by atomic mass is 35.5. The molecule has 4 rings (SSSR count). The summed E-state index contributed by atoms with van der Waals surface area (Å²) in [5.41, 5.74) is 2.52. The maximum absolute atomic E-state index is 12.0. The quantitative estimate of drug-likeness (QED) is 0.373. The number of nitrogens with one attached hydrogen (secondary N) is 1. The lowest BCUT2D eigenvalue weighted by Gasteiger charge is -2.10. The summed E-state index contributed by atoms with van der Waals surface area (Å²) in [6, 6.07) is 18.6. The van der Waals surface area contributed by atoms with E-state index >= 15 is 0 Å². The molecule has 0 spiro atoms. The number of hydrogen-bond donors (Lipinski definition) is 1. The van der Waals surface area contributed by atoms with Crippen molar-refractivity contribution in [2.75, 3.05) is 19.8 Å². The van der Waals surface area contributed by atoms with E-state index in [4.69, 9.17) is 21.1 Å². The minimum Gasteiger partial charge on any atom is -0.484 e. The molecule has 9 heteroatoms. The summed E-state index contributed by atoms with van der Waals surface area (Å²) in [6.07, 6.45) is 0. The van der Waals surface area contributed by atoms with E-state index in [-0.39, 0.29) is 19.1 Å². The molecule has 0 unspecified atom stereocenters. The van der Waals surface area contributed by atoms with Crippen LogP contribution in [0.2, 0.25) is 5.02 Å². The highest BCUT2D eigenvalue weighted by molar-refractivity contribution is 6.33. The van der Waals surface area contributed by atoms with Crippen LogP contribution in [0.5, 0.6) is 11.6 Å². The van der Waals surface area contributed by atoms with Gasteiger partial charge in [0.15, 0.2) is 18.1 Å². The highest BCUT2D eigenvalue weighted by Crippen LogP contribution is 2.26. The van der Waals surface area contributed by atoms with E-state index in [0.717, 1.165) is 5.56 Å². The zero-order chi connectivity index (χ0) is 23.2. The predicted octanol–water partition coefficient (Wildman–Crippen LogP) is 4.14. The fourth-order valence-electron chi connectivity index (χ4n) is 3.15. The number of ether oxygens (including phenoxy) is 2. The van der Waals surface area contributed by atoms with Gasteiger partial charge in [0.1, 0.15) is 12.4 Å².